The van der Waals surface area contributed by atoms with Crippen molar-refractivity contribution in [3.05, 3.63) is 22.4 Å². The van der Waals surface area contributed by atoms with Crippen LogP contribution in [0.25, 0.3) is 0 Å². The Hall–Kier alpha value is -0.870. The average Bonchev–Trinajstić information content (AvgIpc) is 2.90. The van der Waals surface area contributed by atoms with Crippen LogP contribution in [0.3, 0.4) is 0 Å². The van der Waals surface area contributed by atoms with Gasteiger partial charge in [-0.1, -0.05) is 6.07 Å². The Morgan fingerprint density at radius 2 is 2.27 bits per heavy atom. The highest BCUT2D eigenvalue weighted by atomic mass is 32.1. The SMILES string of the molecule is COC(=O)C(c1cccs1)N1CCCC1. The molecule has 3 nitrogen and oxygen atoms in total. The third kappa shape index (κ3) is 2.21. The minimum absolute atomic E-state index is 0.139. The molecule has 2 rings (SSSR count). The van der Waals surface area contributed by atoms with Crippen LogP contribution in [-0.4, -0.2) is 31.1 Å². The maximum Gasteiger partial charge on any atom is 0.328 e. The van der Waals surface area contributed by atoms with Crippen molar-refractivity contribution in [3.8, 4) is 0 Å². The minimum Gasteiger partial charge on any atom is -0.468 e. The van der Waals surface area contributed by atoms with Gasteiger partial charge in [-0.3, -0.25) is 4.90 Å². The van der Waals surface area contributed by atoms with E-state index in [1.165, 1.54) is 20.0 Å². The van der Waals surface area contributed by atoms with Gasteiger partial charge in [-0.25, -0.2) is 4.79 Å². The molecule has 1 saturated heterocycles. The Bertz CT molecular complexity index is 317. The van der Waals surface area contributed by atoms with Gasteiger partial charge < -0.3 is 4.74 Å². The standard InChI is InChI=1S/C11H15NO2S/c1-14-11(13)10(9-5-4-8-15-9)12-6-2-3-7-12/h4-5,8,10H,2-3,6-7H2,1H3. The van der Waals surface area contributed by atoms with E-state index in [1.807, 2.05) is 17.5 Å². The Balaban J connectivity index is 2.19. The average molecular weight is 225 g/mol. The van der Waals surface area contributed by atoms with Gasteiger partial charge in [0.1, 0.15) is 6.04 Å². The molecule has 1 aliphatic rings. The number of thiophene rings is 1. The molecule has 2 heterocycles. The summed E-state index contributed by atoms with van der Waals surface area (Å²) in [4.78, 5) is 15.0. The quantitative estimate of drug-likeness (QED) is 0.737. The molecule has 82 valence electrons. The smallest absolute Gasteiger partial charge is 0.328 e. The van der Waals surface area contributed by atoms with E-state index < -0.39 is 0 Å². The Morgan fingerprint density at radius 3 is 2.80 bits per heavy atom. The fourth-order valence-electron chi connectivity index (χ4n) is 2.00. The number of ether oxygens (including phenoxy) is 1. The summed E-state index contributed by atoms with van der Waals surface area (Å²) in [6.07, 6.45) is 2.36. The molecule has 1 aromatic heterocycles. The van der Waals surface area contributed by atoms with Gasteiger partial charge in [-0.2, -0.15) is 0 Å². The summed E-state index contributed by atoms with van der Waals surface area (Å²) in [5.74, 6) is -0.139. The molecule has 15 heavy (non-hydrogen) atoms. The van der Waals surface area contributed by atoms with E-state index in [0.29, 0.717) is 0 Å². The second-order valence-corrected chi connectivity index (χ2v) is 4.66. The number of rotatable bonds is 3. The first-order valence-electron chi connectivity index (χ1n) is 5.18. The highest BCUT2D eigenvalue weighted by Gasteiger charge is 2.30. The summed E-state index contributed by atoms with van der Waals surface area (Å²) in [5.41, 5.74) is 0. The number of carbonyl (C=O) groups excluding carboxylic acids is 1. The molecule has 0 bridgehead atoms. The van der Waals surface area contributed by atoms with Crippen molar-refractivity contribution in [1.82, 2.24) is 4.90 Å². The largest absolute Gasteiger partial charge is 0.468 e. The van der Waals surface area contributed by atoms with Crippen molar-refractivity contribution in [2.24, 2.45) is 0 Å². The van der Waals surface area contributed by atoms with Gasteiger partial charge in [0, 0.05) is 4.88 Å². The Morgan fingerprint density at radius 1 is 1.53 bits per heavy atom. The molecule has 0 aliphatic carbocycles. The topological polar surface area (TPSA) is 29.5 Å². The molecule has 0 amide bonds. The van der Waals surface area contributed by atoms with E-state index in [1.54, 1.807) is 11.3 Å². The van der Waals surface area contributed by atoms with Crippen LogP contribution in [0.4, 0.5) is 0 Å². The van der Waals surface area contributed by atoms with Crippen LogP contribution in [0, 0.1) is 0 Å². The molecule has 4 heteroatoms. The van der Waals surface area contributed by atoms with Crippen molar-refractivity contribution >= 4 is 17.3 Å². The molecule has 0 saturated carbocycles. The van der Waals surface area contributed by atoms with Gasteiger partial charge in [-0.15, -0.1) is 11.3 Å². The fourth-order valence-corrected chi connectivity index (χ4v) is 2.85. The molecule has 1 unspecified atom stereocenters. The van der Waals surface area contributed by atoms with Gasteiger partial charge in [0.05, 0.1) is 7.11 Å². The molecule has 0 radical (unpaired) electrons. The molecule has 1 fully saturated rings. The highest BCUT2D eigenvalue weighted by molar-refractivity contribution is 7.10. The number of esters is 1. The summed E-state index contributed by atoms with van der Waals surface area (Å²) < 4.78 is 4.87. The first kappa shape index (κ1) is 10.6. The molecular formula is C11H15NO2S. The maximum atomic E-state index is 11.7. The van der Waals surface area contributed by atoms with Crippen molar-refractivity contribution in [2.75, 3.05) is 20.2 Å². The van der Waals surface area contributed by atoms with E-state index >= 15 is 0 Å². The van der Waals surface area contributed by atoms with Gasteiger partial charge in [0.15, 0.2) is 0 Å². The Labute approximate surface area is 93.7 Å². The van der Waals surface area contributed by atoms with E-state index in [-0.39, 0.29) is 12.0 Å². The summed E-state index contributed by atoms with van der Waals surface area (Å²) in [7, 11) is 1.46. The van der Waals surface area contributed by atoms with Crippen LogP contribution in [0.1, 0.15) is 23.8 Å². The van der Waals surface area contributed by atoms with Crippen LogP contribution >= 0.6 is 11.3 Å². The summed E-state index contributed by atoms with van der Waals surface area (Å²) in [6, 6.07) is 3.80. The lowest BCUT2D eigenvalue weighted by Crippen LogP contribution is -2.32. The predicted octanol–water partition coefficient (Wildman–Crippen LogP) is 2.06. The third-order valence-corrected chi connectivity index (χ3v) is 3.67. The van der Waals surface area contributed by atoms with Crippen LogP contribution in [0.5, 0.6) is 0 Å². The molecular weight excluding hydrogens is 210 g/mol. The van der Waals surface area contributed by atoms with Gasteiger partial charge in [0.25, 0.3) is 0 Å². The van der Waals surface area contributed by atoms with E-state index in [4.69, 9.17) is 4.74 Å². The Kier molecular flexibility index (Phi) is 3.38. The van der Waals surface area contributed by atoms with Crippen molar-refractivity contribution in [1.29, 1.82) is 0 Å². The molecule has 0 spiro atoms. The molecule has 1 aliphatic heterocycles. The molecule has 0 aromatic carbocycles. The number of nitrogens with zero attached hydrogens (tertiary/aromatic N) is 1. The van der Waals surface area contributed by atoms with Crippen LogP contribution in [0.2, 0.25) is 0 Å². The number of methoxy groups -OCH3 is 1. The zero-order valence-corrected chi connectivity index (χ0v) is 9.63. The lowest BCUT2D eigenvalue weighted by Gasteiger charge is -2.23. The number of carbonyl (C=O) groups is 1. The van der Waals surface area contributed by atoms with Crippen molar-refractivity contribution < 1.29 is 9.53 Å². The molecule has 0 N–H and O–H groups in total. The van der Waals surface area contributed by atoms with E-state index in [0.717, 1.165) is 18.0 Å². The monoisotopic (exact) mass is 225 g/mol. The fraction of sp³-hybridized carbons (Fsp3) is 0.545. The zero-order valence-electron chi connectivity index (χ0n) is 8.81. The van der Waals surface area contributed by atoms with Gasteiger partial charge >= 0.3 is 5.97 Å². The van der Waals surface area contributed by atoms with Crippen LogP contribution in [0.15, 0.2) is 17.5 Å². The first-order valence-corrected chi connectivity index (χ1v) is 6.06. The number of hydrogen-bond acceptors (Lipinski definition) is 4. The van der Waals surface area contributed by atoms with E-state index in [2.05, 4.69) is 4.90 Å². The number of hydrogen-bond donors (Lipinski definition) is 0. The first-order chi connectivity index (χ1) is 7.33. The summed E-state index contributed by atoms with van der Waals surface area (Å²) >= 11 is 1.62. The minimum atomic E-state index is -0.183. The maximum absolute atomic E-state index is 11.7. The van der Waals surface area contributed by atoms with E-state index in [9.17, 15) is 4.79 Å². The summed E-state index contributed by atoms with van der Waals surface area (Å²) in [6.45, 7) is 2.00. The third-order valence-electron chi connectivity index (χ3n) is 2.74. The van der Waals surface area contributed by atoms with Gasteiger partial charge in [-0.05, 0) is 37.4 Å². The zero-order chi connectivity index (χ0) is 10.7. The van der Waals surface area contributed by atoms with Gasteiger partial charge in [0.2, 0.25) is 0 Å². The second-order valence-electron chi connectivity index (χ2n) is 3.68. The van der Waals surface area contributed by atoms with Crippen LogP contribution in [-0.2, 0) is 9.53 Å². The lowest BCUT2D eigenvalue weighted by molar-refractivity contribution is -0.146. The predicted molar refractivity (Wildman–Crippen MR) is 59.9 cm³/mol. The van der Waals surface area contributed by atoms with Crippen molar-refractivity contribution in [2.45, 2.75) is 18.9 Å². The van der Waals surface area contributed by atoms with Crippen LogP contribution < -0.4 is 0 Å². The molecule has 1 aromatic rings. The summed E-state index contributed by atoms with van der Waals surface area (Å²) in [5, 5.41) is 2.00. The normalized spacial score (nSPS) is 19.0. The van der Waals surface area contributed by atoms with Crippen molar-refractivity contribution in [3.63, 3.8) is 0 Å². The lowest BCUT2D eigenvalue weighted by atomic mass is 10.2. The second kappa shape index (κ2) is 4.77. The number of likely N-dealkylation sites (tertiary alicyclic amines) is 1. The molecule has 1 atom stereocenters. The highest BCUT2D eigenvalue weighted by Crippen LogP contribution is 2.29.